The lowest BCUT2D eigenvalue weighted by Gasteiger charge is -2.08. The van der Waals surface area contributed by atoms with Gasteiger partial charge < -0.3 is 9.15 Å². The molecule has 6 heteroatoms. The van der Waals surface area contributed by atoms with Crippen LogP contribution in [-0.4, -0.2) is 10.9 Å². The minimum absolute atomic E-state index is 0.0206. The first kappa shape index (κ1) is 13.5. The van der Waals surface area contributed by atoms with Crippen LogP contribution in [0.2, 0.25) is 0 Å². The summed E-state index contributed by atoms with van der Waals surface area (Å²) in [5.74, 6) is -0.888. The number of hydrogen-bond acceptors (Lipinski definition) is 5. The molecule has 1 heterocycles. The first-order valence-electron chi connectivity index (χ1n) is 5.76. The van der Waals surface area contributed by atoms with Gasteiger partial charge in [0.15, 0.2) is 0 Å². The zero-order valence-corrected chi connectivity index (χ0v) is 10.4. The van der Waals surface area contributed by atoms with Crippen molar-refractivity contribution in [2.75, 3.05) is 0 Å². The summed E-state index contributed by atoms with van der Waals surface area (Å²) in [4.78, 5) is 22.3. The van der Waals surface area contributed by atoms with Crippen LogP contribution < -0.4 is 4.74 Å². The highest BCUT2D eigenvalue weighted by Gasteiger charge is 2.23. The number of nitro benzene ring substituents is 1. The Labute approximate surface area is 114 Å². The summed E-state index contributed by atoms with van der Waals surface area (Å²) in [7, 11) is 0. The normalized spacial score (nSPS) is 10.0. The van der Waals surface area contributed by atoms with Crippen molar-refractivity contribution in [3.8, 4) is 5.75 Å². The van der Waals surface area contributed by atoms with E-state index in [-0.39, 0.29) is 17.2 Å². The Morgan fingerprint density at radius 3 is 2.80 bits per heavy atom. The summed E-state index contributed by atoms with van der Waals surface area (Å²) in [6.07, 6.45) is 3.24. The number of esters is 1. The molecule has 1 aromatic carbocycles. The van der Waals surface area contributed by atoms with Crippen LogP contribution in [0.4, 0.5) is 5.69 Å². The number of carbonyl (C=O) groups is 1. The van der Waals surface area contributed by atoms with Crippen molar-refractivity contribution < 1.29 is 18.9 Å². The fourth-order valence-corrected chi connectivity index (χ4v) is 1.69. The van der Waals surface area contributed by atoms with Crippen LogP contribution in [0.5, 0.6) is 5.75 Å². The Balaban J connectivity index is 2.40. The fraction of sp³-hybridized carbons (Fsp3) is 0.0714. The highest BCUT2D eigenvalue weighted by Crippen LogP contribution is 2.32. The Hall–Kier alpha value is -2.89. The number of hydrogen-bond donors (Lipinski definition) is 0. The number of benzene rings is 1. The molecule has 0 atom stereocenters. The summed E-state index contributed by atoms with van der Waals surface area (Å²) in [6.45, 7) is 3.57. The van der Waals surface area contributed by atoms with E-state index in [2.05, 4.69) is 6.58 Å². The Kier molecular flexibility index (Phi) is 3.95. The number of allylic oxidation sites excluding steroid dienone is 1. The minimum Gasteiger partial charge on any atom is -0.457 e. The SMILES string of the molecule is C=CCc1cccc([N+](=O)[O-])c1OC(=O)c1ccco1. The minimum atomic E-state index is -0.783. The van der Waals surface area contributed by atoms with Crippen molar-refractivity contribution in [3.63, 3.8) is 0 Å². The van der Waals surface area contributed by atoms with E-state index in [1.54, 1.807) is 12.1 Å². The third-order valence-corrected chi connectivity index (χ3v) is 2.55. The highest BCUT2D eigenvalue weighted by molar-refractivity contribution is 5.88. The number of furan rings is 1. The number of nitrogens with zero attached hydrogens (tertiary/aromatic N) is 1. The Bertz CT molecular complexity index is 646. The maximum atomic E-state index is 11.8. The maximum Gasteiger partial charge on any atom is 0.379 e. The number of carbonyl (C=O) groups excluding carboxylic acids is 1. The van der Waals surface area contributed by atoms with E-state index in [1.807, 2.05) is 0 Å². The van der Waals surface area contributed by atoms with Gasteiger partial charge in [0.05, 0.1) is 11.2 Å². The van der Waals surface area contributed by atoms with Gasteiger partial charge in [0.2, 0.25) is 11.5 Å². The molecule has 2 rings (SSSR count). The number of rotatable bonds is 5. The second-order valence-corrected chi connectivity index (χ2v) is 3.88. The highest BCUT2D eigenvalue weighted by atomic mass is 16.6. The third kappa shape index (κ3) is 2.74. The molecule has 2 aromatic rings. The van der Waals surface area contributed by atoms with Gasteiger partial charge in [-0.25, -0.2) is 4.79 Å². The molecule has 1 aromatic heterocycles. The average molecular weight is 273 g/mol. The molecule has 6 nitrogen and oxygen atoms in total. The van der Waals surface area contributed by atoms with Gasteiger partial charge in [0, 0.05) is 11.6 Å². The van der Waals surface area contributed by atoms with E-state index in [0.29, 0.717) is 12.0 Å². The average Bonchev–Trinajstić information content (AvgIpc) is 2.94. The van der Waals surface area contributed by atoms with E-state index >= 15 is 0 Å². The van der Waals surface area contributed by atoms with Crippen LogP contribution >= 0.6 is 0 Å². The number of nitro groups is 1. The second-order valence-electron chi connectivity index (χ2n) is 3.88. The van der Waals surface area contributed by atoms with Crippen LogP contribution in [-0.2, 0) is 6.42 Å². The molecule has 102 valence electrons. The summed E-state index contributed by atoms with van der Waals surface area (Å²) in [6, 6.07) is 7.39. The molecule has 0 fully saturated rings. The molecule has 20 heavy (non-hydrogen) atoms. The lowest BCUT2D eigenvalue weighted by molar-refractivity contribution is -0.385. The molecule has 0 spiro atoms. The molecule has 0 radical (unpaired) electrons. The zero-order valence-electron chi connectivity index (χ0n) is 10.4. The van der Waals surface area contributed by atoms with Crippen molar-refractivity contribution in [2.45, 2.75) is 6.42 Å². The standard InChI is InChI=1S/C14H11NO5/c1-2-5-10-6-3-7-11(15(17)18)13(10)20-14(16)12-8-4-9-19-12/h2-4,6-9H,1,5H2. The zero-order chi connectivity index (χ0) is 14.5. The second kappa shape index (κ2) is 5.83. The molecule has 0 bridgehead atoms. The van der Waals surface area contributed by atoms with Crippen LogP contribution in [0.15, 0.2) is 53.7 Å². The van der Waals surface area contributed by atoms with Crippen molar-refractivity contribution in [1.29, 1.82) is 0 Å². The van der Waals surface area contributed by atoms with E-state index in [4.69, 9.17) is 9.15 Å². The molecule has 0 aliphatic rings. The van der Waals surface area contributed by atoms with Crippen molar-refractivity contribution in [3.05, 3.63) is 70.7 Å². The Morgan fingerprint density at radius 2 is 2.20 bits per heavy atom. The van der Waals surface area contributed by atoms with E-state index in [1.165, 1.54) is 30.5 Å². The smallest absolute Gasteiger partial charge is 0.379 e. The van der Waals surface area contributed by atoms with Gasteiger partial charge in [-0.1, -0.05) is 18.2 Å². The van der Waals surface area contributed by atoms with Gasteiger partial charge >= 0.3 is 11.7 Å². The van der Waals surface area contributed by atoms with Gasteiger partial charge in [0.25, 0.3) is 0 Å². The van der Waals surface area contributed by atoms with Gasteiger partial charge in [-0.3, -0.25) is 10.1 Å². The predicted octanol–water partition coefficient (Wildman–Crippen LogP) is 3.14. The Morgan fingerprint density at radius 1 is 1.40 bits per heavy atom. The summed E-state index contributed by atoms with van der Waals surface area (Å²) in [5, 5.41) is 11.0. The fourth-order valence-electron chi connectivity index (χ4n) is 1.69. The molecular weight excluding hydrogens is 262 g/mol. The van der Waals surface area contributed by atoms with Crippen LogP contribution in [0.3, 0.4) is 0 Å². The third-order valence-electron chi connectivity index (χ3n) is 2.55. The molecule has 0 saturated heterocycles. The van der Waals surface area contributed by atoms with Crippen LogP contribution in [0, 0.1) is 10.1 Å². The lowest BCUT2D eigenvalue weighted by atomic mass is 10.1. The van der Waals surface area contributed by atoms with Gasteiger partial charge in [-0.05, 0) is 18.6 Å². The van der Waals surface area contributed by atoms with E-state index in [9.17, 15) is 14.9 Å². The monoisotopic (exact) mass is 273 g/mol. The quantitative estimate of drug-likeness (QED) is 0.275. The molecule has 0 saturated carbocycles. The van der Waals surface area contributed by atoms with Crippen molar-refractivity contribution in [2.24, 2.45) is 0 Å². The molecule has 0 N–H and O–H groups in total. The molecule has 0 amide bonds. The maximum absolute atomic E-state index is 11.8. The molecule has 0 aliphatic carbocycles. The van der Waals surface area contributed by atoms with Gasteiger partial charge in [-0.15, -0.1) is 6.58 Å². The van der Waals surface area contributed by atoms with Crippen LogP contribution in [0.1, 0.15) is 16.1 Å². The van der Waals surface area contributed by atoms with E-state index < -0.39 is 10.9 Å². The molecule has 0 aliphatic heterocycles. The first-order valence-corrected chi connectivity index (χ1v) is 5.76. The summed E-state index contributed by atoms with van der Waals surface area (Å²) >= 11 is 0. The summed E-state index contributed by atoms with van der Waals surface area (Å²) in [5.41, 5.74) is 0.235. The first-order chi connectivity index (χ1) is 9.63. The lowest BCUT2D eigenvalue weighted by Crippen LogP contribution is -2.10. The van der Waals surface area contributed by atoms with Crippen molar-refractivity contribution >= 4 is 11.7 Å². The summed E-state index contributed by atoms with van der Waals surface area (Å²) < 4.78 is 10.0. The van der Waals surface area contributed by atoms with Crippen LogP contribution in [0.25, 0.3) is 0 Å². The number of para-hydroxylation sites is 1. The van der Waals surface area contributed by atoms with Crippen molar-refractivity contribution in [1.82, 2.24) is 0 Å². The van der Waals surface area contributed by atoms with Gasteiger partial charge in [-0.2, -0.15) is 0 Å². The largest absolute Gasteiger partial charge is 0.457 e. The van der Waals surface area contributed by atoms with E-state index in [0.717, 1.165) is 0 Å². The number of ether oxygens (including phenoxy) is 1. The predicted molar refractivity (Wildman–Crippen MR) is 70.7 cm³/mol. The molecular formula is C14H11NO5. The van der Waals surface area contributed by atoms with Gasteiger partial charge in [0.1, 0.15) is 0 Å². The molecule has 0 unspecified atom stereocenters. The topological polar surface area (TPSA) is 82.6 Å².